The zero-order chi connectivity index (χ0) is 12.0. The average molecular weight is 263 g/mol. The Hall–Kier alpha value is -1.53. The fourth-order valence-electron chi connectivity index (χ4n) is 1.15. The fraction of sp³-hybridized carbons (Fsp3) is 0.400. The number of benzene rings is 1. The van der Waals surface area contributed by atoms with Gasteiger partial charge in [0.15, 0.2) is 5.75 Å². The van der Waals surface area contributed by atoms with Gasteiger partial charge in [-0.2, -0.15) is 0 Å². The van der Waals surface area contributed by atoms with Gasteiger partial charge in [0.1, 0.15) is 5.75 Å². The number of halogens is 1. The standard InChI is InChI=1S/C10H14N2O4.ClH/c1-15-8-3-4-10(16-6-2-5-11)9(7-8)12(13)14;/h3-4,7H,2,5-6,11H2,1H3;1H. The molecule has 6 nitrogen and oxygen atoms in total. The van der Waals surface area contributed by atoms with Crippen LogP contribution < -0.4 is 15.2 Å². The Bertz CT molecular complexity index is 373. The molecule has 0 atom stereocenters. The molecule has 0 radical (unpaired) electrons. The molecule has 2 N–H and O–H groups in total. The molecule has 0 heterocycles. The lowest BCUT2D eigenvalue weighted by atomic mass is 10.3. The monoisotopic (exact) mass is 262 g/mol. The molecule has 1 aromatic carbocycles. The zero-order valence-corrected chi connectivity index (χ0v) is 10.2. The van der Waals surface area contributed by atoms with E-state index in [4.69, 9.17) is 15.2 Å². The number of rotatable bonds is 6. The van der Waals surface area contributed by atoms with E-state index in [1.807, 2.05) is 0 Å². The second kappa shape index (κ2) is 7.70. The highest BCUT2D eigenvalue weighted by Gasteiger charge is 2.16. The third-order valence-electron chi connectivity index (χ3n) is 1.97. The first-order chi connectivity index (χ1) is 7.69. The third-order valence-corrected chi connectivity index (χ3v) is 1.97. The SMILES string of the molecule is COc1ccc(OCCCN)c([N+](=O)[O-])c1.Cl. The first-order valence-electron chi connectivity index (χ1n) is 4.84. The highest BCUT2D eigenvalue weighted by atomic mass is 35.5. The van der Waals surface area contributed by atoms with Gasteiger partial charge in [0.05, 0.1) is 24.7 Å². The van der Waals surface area contributed by atoms with Gasteiger partial charge < -0.3 is 15.2 Å². The van der Waals surface area contributed by atoms with E-state index in [0.717, 1.165) is 0 Å². The second-order valence-corrected chi connectivity index (χ2v) is 3.08. The molecule has 0 aliphatic carbocycles. The molecule has 0 spiro atoms. The van der Waals surface area contributed by atoms with Gasteiger partial charge in [-0.25, -0.2) is 0 Å². The molecule has 96 valence electrons. The molecular weight excluding hydrogens is 248 g/mol. The van der Waals surface area contributed by atoms with Gasteiger partial charge in [-0.1, -0.05) is 0 Å². The van der Waals surface area contributed by atoms with Crippen LogP contribution in [0, 0.1) is 10.1 Å². The molecule has 0 unspecified atom stereocenters. The first-order valence-corrected chi connectivity index (χ1v) is 4.84. The van der Waals surface area contributed by atoms with Crippen molar-refractivity contribution in [2.45, 2.75) is 6.42 Å². The molecule has 0 bridgehead atoms. The van der Waals surface area contributed by atoms with E-state index >= 15 is 0 Å². The van der Waals surface area contributed by atoms with Crippen molar-refractivity contribution in [3.63, 3.8) is 0 Å². The molecule has 0 aliphatic rings. The van der Waals surface area contributed by atoms with Crippen LogP contribution in [0.5, 0.6) is 11.5 Å². The van der Waals surface area contributed by atoms with Crippen LogP contribution in [-0.2, 0) is 0 Å². The number of nitrogens with zero attached hydrogens (tertiary/aromatic N) is 1. The number of hydrogen-bond donors (Lipinski definition) is 1. The summed E-state index contributed by atoms with van der Waals surface area (Å²) < 4.78 is 10.2. The predicted molar refractivity (Wildman–Crippen MR) is 66.1 cm³/mol. The van der Waals surface area contributed by atoms with Gasteiger partial charge in [-0.15, -0.1) is 12.4 Å². The first kappa shape index (κ1) is 15.5. The summed E-state index contributed by atoms with van der Waals surface area (Å²) in [7, 11) is 1.45. The molecule has 0 saturated heterocycles. The minimum Gasteiger partial charge on any atom is -0.496 e. The molecule has 0 amide bonds. The summed E-state index contributed by atoms with van der Waals surface area (Å²) in [5.41, 5.74) is 5.20. The third kappa shape index (κ3) is 4.46. The summed E-state index contributed by atoms with van der Waals surface area (Å²) in [6.45, 7) is 0.855. The quantitative estimate of drug-likeness (QED) is 0.479. The molecular formula is C10H15ClN2O4. The highest BCUT2D eigenvalue weighted by Crippen LogP contribution is 2.30. The van der Waals surface area contributed by atoms with Crippen molar-refractivity contribution in [3.05, 3.63) is 28.3 Å². The van der Waals surface area contributed by atoms with Gasteiger partial charge in [0.25, 0.3) is 0 Å². The van der Waals surface area contributed by atoms with Crippen LogP contribution in [0.1, 0.15) is 6.42 Å². The van der Waals surface area contributed by atoms with E-state index in [1.54, 1.807) is 6.07 Å². The molecule has 1 aromatic rings. The zero-order valence-electron chi connectivity index (χ0n) is 9.42. The largest absolute Gasteiger partial charge is 0.496 e. The van der Waals surface area contributed by atoms with Gasteiger partial charge >= 0.3 is 5.69 Å². The summed E-state index contributed by atoms with van der Waals surface area (Å²) in [6.07, 6.45) is 0.656. The Kier molecular flexibility index (Phi) is 7.00. The Morgan fingerprint density at radius 1 is 1.47 bits per heavy atom. The fourth-order valence-corrected chi connectivity index (χ4v) is 1.15. The number of nitrogens with two attached hydrogens (primary N) is 1. The van der Waals surface area contributed by atoms with Crippen molar-refractivity contribution in [1.82, 2.24) is 0 Å². The number of hydrogen-bond acceptors (Lipinski definition) is 5. The van der Waals surface area contributed by atoms with Crippen molar-refractivity contribution in [1.29, 1.82) is 0 Å². The maximum atomic E-state index is 10.8. The second-order valence-electron chi connectivity index (χ2n) is 3.08. The maximum absolute atomic E-state index is 10.8. The van der Waals surface area contributed by atoms with Gasteiger partial charge in [-0.05, 0) is 25.1 Å². The topological polar surface area (TPSA) is 87.6 Å². The van der Waals surface area contributed by atoms with E-state index in [1.165, 1.54) is 19.2 Å². The van der Waals surface area contributed by atoms with E-state index in [9.17, 15) is 10.1 Å². The molecule has 0 saturated carbocycles. The molecule has 1 rings (SSSR count). The lowest BCUT2D eigenvalue weighted by Gasteiger charge is -2.07. The number of nitro groups is 1. The highest BCUT2D eigenvalue weighted by molar-refractivity contribution is 5.85. The van der Waals surface area contributed by atoms with E-state index in [0.29, 0.717) is 25.3 Å². The molecule has 0 aromatic heterocycles. The van der Waals surface area contributed by atoms with Crippen molar-refractivity contribution in [3.8, 4) is 11.5 Å². The van der Waals surface area contributed by atoms with Crippen molar-refractivity contribution in [2.75, 3.05) is 20.3 Å². The maximum Gasteiger partial charge on any atom is 0.314 e. The number of ether oxygens (including phenoxy) is 2. The van der Waals surface area contributed by atoms with E-state index in [2.05, 4.69) is 0 Å². The summed E-state index contributed by atoms with van der Waals surface area (Å²) in [5.74, 6) is 0.664. The Balaban J connectivity index is 0.00000256. The summed E-state index contributed by atoms with van der Waals surface area (Å²) in [5, 5.41) is 10.8. The van der Waals surface area contributed by atoms with Crippen molar-refractivity contribution in [2.24, 2.45) is 5.73 Å². The van der Waals surface area contributed by atoms with E-state index in [-0.39, 0.29) is 23.8 Å². The Labute approximate surface area is 105 Å². The van der Waals surface area contributed by atoms with Crippen molar-refractivity contribution >= 4 is 18.1 Å². The smallest absolute Gasteiger partial charge is 0.314 e. The van der Waals surface area contributed by atoms with Crippen molar-refractivity contribution < 1.29 is 14.4 Å². The van der Waals surface area contributed by atoms with E-state index < -0.39 is 4.92 Å². The average Bonchev–Trinajstić information content (AvgIpc) is 2.29. The van der Waals surface area contributed by atoms with Crippen LogP contribution in [0.25, 0.3) is 0 Å². The summed E-state index contributed by atoms with van der Waals surface area (Å²) in [4.78, 5) is 10.3. The van der Waals surface area contributed by atoms with Crippen LogP contribution in [0.3, 0.4) is 0 Å². The molecule has 17 heavy (non-hydrogen) atoms. The van der Waals surface area contributed by atoms with Crippen LogP contribution >= 0.6 is 12.4 Å². The summed E-state index contributed by atoms with van der Waals surface area (Å²) >= 11 is 0. The Morgan fingerprint density at radius 2 is 2.18 bits per heavy atom. The molecule has 7 heteroatoms. The predicted octanol–water partition coefficient (Wildman–Crippen LogP) is 1.75. The minimum absolute atomic E-state index is 0. The lowest BCUT2D eigenvalue weighted by Crippen LogP contribution is -2.07. The molecule has 0 fully saturated rings. The Morgan fingerprint density at radius 3 is 2.71 bits per heavy atom. The van der Waals surface area contributed by atoms with Gasteiger partial charge in [-0.3, -0.25) is 10.1 Å². The number of methoxy groups -OCH3 is 1. The normalized spacial score (nSPS) is 9.29. The number of nitro benzene ring substituents is 1. The van der Waals surface area contributed by atoms with Gasteiger partial charge in [0.2, 0.25) is 0 Å². The molecule has 0 aliphatic heterocycles. The van der Waals surface area contributed by atoms with Gasteiger partial charge in [0, 0.05) is 0 Å². The van der Waals surface area contributed by atoms with Crippen LogP contribution in [0.2, 0.25) is 0 Å². The lowest BCUT2D eigenvalue weighted by molar-refractivity contribution is -0.385. The van der Waals surface area contributed by atoms with Crippen LogP contribution in [-0.4, -0.2) is 25.2 Å². The van der Waals surface area contributed by atoms with Crippen LogP contribution in [0.4, 0.5) is 5.69 Å². The van der Waals surface area contributed by atoms with Crippen LogP contribution in [0.15, 0.2) is 18.2 Å². The summed E-state index contributed by atoms with van der Waals surface area (Å²) in [6, 6.07) is 4.47. The minimum atomic E-state index is -0.500.